The molecular weight excluding hydrogens is 223 g/mol. The third-order valence-corrected chi connectivity index (χ3v) is 2.09. The van der Waals surface area contributed by atoms with E-state index < -0.39 is 0 Å². The molecule has 2 N–H and O–H groups in total. The van der Waals surface area contributed by atoms with E-state index in [1.165, 1.54) is 42.5 Å². The van der Waals surface area contributed by atoms with Crippen LogP contribution in [-0.2, 0) is 0 Å². The second kappa shape index (κ2) is 4.61. The largest absolute Gasteiger partial charge is 0.505 e. The summed E-state index contributed by atoms with van der Waals surface area (Å²) < 4.78 is 12.6. The summed E-state index contributed by atoms with van der Waals surface area (Å²) in [4.78, 5) is 0. The maximum atomic E-state index is 12.6. The highest BCUT2D eigenvalue weighted by molar-refractivity contribution is 5.60. The van der Waals surface area contributed by atoms with E-state index >= 15 is 0 Å². The minimum Gasteiger partial charge on any atom is -0.505 e. The minimum absolute atomic E-state index is 0.0168. The smallest absolute Gasteiger partial charge is 0.169 e. The Balaban J connectivity index is 2.29. The zero-order valence-electron chi connectivity index (χ0n) is 8.71. The van der Waals surface area contributed by atoms with Gasteiger partial charge in [0.2, 0.25) is 0 Å². The maximum Gasteiger partial charge on any atom is 0.169 e. The summed E-state index contributed by atoms with van der Waals surface area (Å²) >= 11 is 0. The van der Waals surface area contributed by atoms with Crippen molar-refractivity contribution in [1.29, 1.82) is 0 Å². The van der Waals surface area contributed by atoms with E-state index in [0.29, 0.717) is 5.69 Å². The van der Waals surface area contributed by atoms with E-state index in [-0.39, 0.29) is 23.0 Å². The van der Waals surface area contributed by atoms with Crippen molar-refractivity contribution in [2.75, 3.05) is 0 Å². The van der Waals surface area contributed by atoms with Crippen LogP contribution < -0.4 is 0 Å². The Hall–Kier alpha value is -2.43. The zero-order valence-corrected chi connectivity index (χ0v) is 8.71. The highest BCUT2D eigenvalue weighted by Crippen LogP contribution is 2.36. The minimum atomic E-state index is -0.366. The van der Waals surface area contributed by atoms with Gasteiger partial charge in [-0.25, -0.2) is 4.39 Å². The first kappa shape index (κ1) is 11.1. The second-order valence-corrected chi connectivity index (χ2v) is 3.32. The predicted molar refractivity (Wildman–Crippen MR) is 60.3 cm³/mol. The summed E-state index contributed by atoms with van der Waals surface area (Å²) in [7, 11) is 0. The lowest BCUT2D eigenvalue weighted by Gasteiger charge is -1.99. The van der Waals surface area contributed by atoms with Crippen LogP contribution in [0.1, 0.15) is 0 Å². The predicted octanol–water partition coefficient (Wildman–Crippen LogP) is 3.65. The fraction of sp³-hybridized carbons (Fsp3) is 0. The number of azo groups is 1. The molecule has 0 heterocycles. The summed E-state index contributed by atoms with van der Waals surface area (Å²) in [6.45, 7) is 0. The Labute approximate surface area is 96.7 Å². The van der Waals surface area contributed by atoms with E-state index in [1.807, 2.05) is 0 Å². The van der Waals surface area contributed by atoms with Crippen molar-refractivity contribution in [2.24, 2.45) is 10.2 Å². The summed E-state index contributed by atoms with van der Waals surface area (Å²) in [5.41, 5.74) is 0.408. The summed E-state index contributed by atoms with van der Waals surface area (Å²) in [5.74, 6) is -0.707. The lowest BCUT2D eigenvalue weighted by atomic mass is 10.3. The highest BCUT2D eigenvalue weighted by Gasteiger charge is 2.04. The molecule has 86 valence electrons. The number of benzene rings is 2. The maximum absolute atomic E-state index is 12.6. The Morgan fingerprint density at radius 3 is 2.00 bits per heavy atom. The van der Waals surface area contributed by atoms with Gasteiger partial charge in [-0.05, 0) is 36.4 Å². The van der Waals surface area contributed by atoms with Gasteiger partial charge in [-0.1, -0.05) is 6.07 Å². The van der Waals surface area contributed by atoms with Gasteiger partial charge in [0, 0.05) is 0 Å². The SMILES string of the molecule is Oc1cccc(O)c1N=Nc1ccc(F)cc1. The van der Waals surface area contributed by atoms with Gasteiger partial charge >= 0.3 is 0 Å². The molecule has 0 amide bonds. The van der Waals surface area contributed by atoms with Crippen LogP contribution in [0.5, 0.6) is 11.5 Å². The molecule has 0 unspecified atom stereocenters. The van der Waals surface area contributed by atoms with Crippen molar-refractivity contribution in [2.45, 2.75) is 0 Å². The third kappa shape index (κ3) is 2.57. The van der Waals surface area contributed by atoms with Crippen molar-refractivity contribution in [3.8, 4) is 11.5 Å². The van der Waals surface area contributed by atoms with Crippen molar-refractivity contribution in [3.05, 3.63) is 48.3 Å². The molecule has 0 aliphatic heterocycles. The van der Waals surface area contributed by atoms with E-state index in [0.717, 1.165) is 0 Å². The normalized spacial score (nSPS) is 10.9. The zero-order chi connectivity index (χ0) is 12.3. The molecule has 0 fully saturated rings. The van der Waals surface area contributed by atoms with Crippen LogP contribution in [0.3, 0.4) is 0 Å². The molecular formula is C12H9FN2O2. The van der Waals surface area contributed by atoms with Crippen molar-refractivity contribution < 1.29 is 14.6 Å². The number of nitrogens with zero attached hydrogens (tertiary/aromatic N) is 2. The molecule has 5 heteroatoms. The van der Waals surface area contributed by atoms with Gasteiger partial charge in [0.05, 0.1) is 5.69 Å². The van der Waals surface area contributed by atoms with Gasteiger partial charge in [-0.15, -0.1) is 5.11 Å². The Morgan fingerprint density at radius 1 is 0.824 bits per heavy atom. The lowest BCUT2D eigenvalue weighted by Crippen LogP contribution is -1.71. The quantitative estimate of drug-likeness (QED) is 0.776. The third-order valence-electron chi connectivity index (χ3n) is 2.09. The number of aromatic hydroxyl groups is 2. The summed E-state index contributed by atoms with van der Waals surface area (Å²) in [6, 6.07) is 9.64. The Kier molecular flexibility index (Phi) is 3.00. The van der Waals surface area contributed by atoms with Crippen LogP contribution in [0, 0.1) is 5.82 Å². The molecule has 0 aliphatic carbocycles. The van der Waals surface area contributed by atoms with Gasteiger partial charge in [0.25, 0.3) is 0 Å². The van der Waals surface area contributed by atoms with Gasteiger partial charge in [-0.2, -0.15) is 5.11 Å². The van der Waals surface area contributed by atoms with Gasteiger partial charge in [0.15, 0.2) is 5.69 Å². The van der Waals surface area contributed by atoms with E-state index in [1.54, 1.807) is 0 Å². The van der Waals surface area contributed by atoms with Crippen LogP contribution in [0.2, 0.25) is 0 Å². The average Bonchev–Trinajstić information content (AvgIpc) is 2.31. The number of hydrogen-bond donors (Lipinski definition) is 2. The summed E-state index contributed by atoms with van der Waals surface area (Å²) in [5, 5.41) is 26.4. The average molecular weight is 232 g/mol. The molecule has 17 heavy (non-hydrogen) atoms. The molecule has 0 spiro atoms. The number of phenolic OH excluding ortho intramolecular Hbond substituents is 2. The van der Waals surface area contributed by atoms with Crippen LogP contribution in [0.25, 0.3) is 0 Å². The van der Waals surface area contributed by atoms with Crippen LogP contribution in [-0.4, -0.2) is 10.2 Å². The van der Waals surface area contributed by atoms with Gasteiger partial charge in [0.1, 0.15) is 17.3 Å². The first-order valence-corrected chi connectivity index (χ1v) is 4.85. The van der Waals surface area contributed by atoms with Crippen molar-refractivity contribution in [3.63, 3.8) is 0 Å². The first-order chi connectivity index (χ1) is 8.16. The van der Waals surface area contributed by atoms with Crippen LogP contribution >= 0.6 is 0 Å². The Bertz CT molecular complexity index is 533. The highest BCUT2D eigenvalue weighted by atomic mass is 19.1. The molecule has 2 aromatic rings. The fourth-order valence-electron chi connectivity index (χ4n) is 1.24. The number of hydrogen-bond acceptors (Lipinski definition) is 4. The van der Waals surface area contributed by atoms with E-state index in [9.17, 15) is 14.6 Å². The van der Waals surface area contributed by atoms with Crippen molar-refractivity contribution in [1.82, 2.24) is 0 Å². The monoisotopic (exact) mass is 232 g/mol. The summed E-state index contributed by atoms with van der Waals surface area (Å²) in [6.07, 6.45) is 0. The second-order valence-electron chi connectivity index (χ2n) is 3.32. The molecule has 0 radical (unpaired) electrons. The molecule has 0 saturated carbocycles. The van der Waals surface area contributed by atoms with Crippen LogP contribution in [0.15, 0.2) is 52.7 Å². The topological polar surface area (TPSA) is 65.2 Å². The molecule has 2 rings (SSSR count). The van der Waals surface area contributed by atoms with E-state index in [4.69, 9.17) is 0 Å². The number of rotatable bonds is 2. The molecule has 0 aliphatic rings. The number of phenols is 2. The van der Waals surface area contributed by atoms with E-state index in [2.05, 4.69) is 10.2 Å². The number of halogens is 1. The first-order valence-electron chi connectivity index (χ1n) is 4.85. The molecule has 0 atom stereocenters. The molecule has 2 aromatic carbocycles. The Morgan fingerprint density at radius 2 is 1.41 bits per heavy atom. The van der Waals surface area contributed by atoms with Crippen molar-refractivity contribution >= 4 is 11.4 Å². The van der Waals surface area contributed by atoms with Gasteiger partial charge < -0.3 is 10.2 Å². The lowest BCUT2D eigenvalue weighted by molar-refractivity contribution is 0.452. The molecule has 0 saturated heterocycles. The molecule has 4 nitrogen and oxygen atoms in total. The fourth-order valence-corrected chi connectivity index (χ4v) is 1.24. The van der Waals surface area contributed by atoms with Gasteiger partial charge in [-0.3, -0.25) is 0 Å². The molecule has 0 bridgehead atoms. The van der Waals surface area contributed by atoms with Crippen LogP contribution in [0.4, 0.5) is 15.8 Å². The standard InChI is InChI=1S/C12H9FN2O2/c13-8-4-6-9(7-5-8)14-15-12-10(16)2-1-3-11(12)17/h1-7,16-17H. The molecule has 0 aromatic heterocycles.